The van der Waals surface area contributed by atoms with Crippen LogP contribution < -0.4 is 10.2 Å². The molecule has 0 aromatic heterocycles. The lowest BCUT2D eigenvalue weighted by atomic mass is 10.2. The van der Waals surface area contributed by atoms with Gasteiger partial charge in [-0.3, -0.25) is 4.79 Å². The Labute approximate surface area is 142 Å². The van der Waals surface area contributed by atoms with E-state index in [2.05, 4.69) is 10.5 Å². The summed E-state index contributed by atoms with van der Waals surface area (Å²) in [6.45, 7) is 0. The fraction of sp³-hybridized carbons (Fsp3) is 0.0667. The van der Waals surface area contributed by atoms with Crippen molar-refractivity contribution in [3.8, 4) is 5.75 Å². The highest BCUT2D eigenvalue weighted by Crippen LogP contribution is 2.32. The van der Waals surface area contributed by atoms with E-state index in [1.165, 1.54) is 25.5 Å². The van der Waals surface area contributed by atoms with Crippen LogP contribution in [-0.2, 0) is 0 Å². The number of benzene rings is 2. The number of rotatable bonds is 4. The van der Waals surface area contributed by atoms with Crippen molar-refractivity contribution in [2.75, 3.05) is 7.11 Å². The molecule has 0 fully saturated rings. The maximum absolute atomic E-state index is 12.1. The van der Waals surface area contributed by atoms with Crippen molar-refractivity contribution in [3.63, 3.8) is 0 Å². The van der Waals surface area contributed by atoms with Crippen molar-refractivity contribution in [1.29, 1.82) is 0 Å². The van der Waals surface area contributed by atoms with E-state index < -0.39 is 5.91 Å². The number of amides is 1. The lowest BCUT2D eigenvalue weighted by Gasteiger charge is -2.09. The monoisotopic (exact) mass is 356 g/mol. The molecule has 1 N–H and O–H groups in total. The molecule has 22 heavy (non-hydrogen) atoms. The van der Waals surface area contributed by atoms with Gasteiger partial charge in [0.15, 0.2) is 0 Å². The molecule has 0 unspecified atom stereocenters. The lowest BCUT2D eigenvalue weighted by molar-refractivity contribution is 0.0952. The molecule has 114 valence electrons. The molecule has 2 rings (SSSR count). The fourth-order valence-corrected chi connectivity index (χ4v) is 2.49. The van der Waals surface area contributed by atoms with E-state index in [9.17, 15) is 4.79 Å². The molecule has 2 aromatic rings. The average Bonchev–Trinajstić information content (AvgIpc) is 2.48. The predicted molar refractivity (Wildman–Crippen MR) is 89.5 cm³/mol. The summed E-state index contributed by atoms with van der Waals surface area (Å²) in [4.78, 5) is 12.1. The highest BCUT2D eigenvalue weighted by atomic mass is 35.5. The first kappa shape index (κ1) is 16.6. The van der Waals surface area contributed by atoms with Crippen LogP contribution >= 0.6 is 34.8 Å². The van der Waals surface area contributed by atoms with Crippen LogP contribution in [0, 0.1) is 0 Å². The van der Waals surface area contributed by atoms with E-state index in [1.807, 2.05) is 6.07 Å². The molecule has 2 aromatic carbocycles. The Morgan fingerprint density at radius 3 is 2.59 bits per heavy atom. The first-order valence-electron chi connectivity index (χ1n) is 6.14. The maximum Gasteiger partial charge on any atom is 0.275 e. The van der Waals surface area contributed by atoms with Crippen LogP contribution in [-0.4, -0.2) is 19.2 Å². The van der Waals surface area contributed by atoms with Gasteiger partial charge in [-0.1, -0.05) is 53.0 Å². The molecular weight excluding hydrogens is 347 g/mol. The van der Waals surface area contributed by atoms with Gasteiger partial charge in [0.1, 0.15) is 5.75 Å². The Morgan fingerprint density at radius 1 is 1.18 bits per heavy atom. The third-order valence-electron chi connectivity index (χ3n) is 2.73. The van der Waals surface area contributed by atoms with Crippen LogP contribution in [0.2, 0.25) is 15.1 Å². The number of hydrogen-bond donors (Lipinski definition) is 1. The molecule has 7 heteroatoms. The minimum atomic E-state index is -0.496. The summed E-state index contributed by atoms with van der Waals surface area (Å²) in [5.41, 5.74) is 3.25. The predicted octanol–water partition coefficient (Wildman–Crippen LogP) is 4.42. The molecule has 1 amide bonds. The molecule has 0 heterocycles. The molecule has 0 aliphatic rings. The third-order valence-corrected chi connectivity index (χ3v) is 3.58. The largest absolute Gasteiger partial charge is 0.494 e. The van der Waals surface area contributed by atoms with E-state index in [1.54, 1.807) is 18.2 Å². The SMILES string of the molecule is COc1c(Cl)cc(Cl)cc1C(=O)N/N=C/c1ccccc1Cl. The Morgan fingerprint density at radius 2 is 1.91 bits per heavy atom. The number of carbonyl (C=O) groups is 1. The van der Waals surface area contributed by atoms with Gasteiger partial charge in [0.2, 0.25) is 0 Å². The molecule has 0 atom stereocenters. The summed E-state index contributed by atoms with van der Waals surface area (Å²) in [6, 6.07) is 10.1. The molecule has 0 radical (unpaired) electrons. The van der Waals surface area contributed by atoms with Crippen LogP contribution in [0.1, 0.15) is 15.9 Å². The zero-order chi connectivity index (χ0) is 16.1. The number of nitrogens with zero attached hydrogens (tertiary/aromatic N) is 1. The Kier molecular flexibility index (Phi) is 5.66. The first-order chi connectivity index (χ1) is 10.5. The first-order valence-corrected chi connectivity index (χ1v) is 7.27. The molecule has 0 bridgehead atoms. The molecular formula is C15H11Cl3N2O2. The van der Waals surface area contributed by atoms with Gasteiger partial charge in [-0.05, 0) is 18.2 Å². The number of methoxy groups -OCH3 is 1. The number of ether oxygens (including phenoxy) is 1. The number of hydrazone groups is 1. The smallest absolute Gasteiger partial charge is 0.275 e. The summed E-state index contributed by atoms with van der Waals surface area (Å²) >= 11 is 17.9. The van der Waals surface area contributed by atoms with Crippen molar-refractivity contribution in [3.05, 3.63) is 62.6 Å². The topological polar surface area (TPSA) is 50.7 Å². The van der Waals surface area contributed by atoms with Gasteiger partial charge >= 0.3 is 0 Å². The molecule has 0 aliphatic carbocycles. The van der Waals surface area contributed by atoms with Gasteiger partial charge in [-0.2, -0.15) is 5.10 Å². The van der Waals surface area contributed by atoms with E-state index in [0.29, 0.717) is 15.6 Å². The summed E-state index contributed by atoms with van der Waals surface area (Å²) in [7, 11) is 1.42. The van der Waals surface area contributed by atoms with Crippen LogP contribution in [0.5, 0.6) is 5.75 Å². The second kappa shape index (κ2) is 7.49. The molecule has 0 aliphatic heterocycles. The van der Waals surface area contributed by atoms with Crippen molar-refractivity contribution >= 4 is 46.9 Å². The standard InChI is InChI=1S/C15H11Cl3N2O2/c1-22-14-11(6-10(16)7-13(14)18)15(21)20-19-8-9-4-2-3-5-12(9)17/h2-8H,1H3,(H,20,21)/b19-8+. The third kappa shape index (κ3) is 3.91. The second-order valence-corrected chi connectivity index (χ2v) is 5.44. The van der Waals surface area contributed by atoms with E-state index in [0.717, 1.165) is 0 Å². The van der Waals surface area contributed by atoms with Gasteiger partial charge in [0.05, 0.1) is 23.9 Å². The number of halogens is 3. The van der Waals surface area contributed by atoms with Gasteiger partial charge in [0, 0.05) is 15.6 Å². The molecule has 0 saturated carbocycles. The molecule has 0 saturated heterocycles. The quantitative estimate of drug-likeness (QED) is 0.650. The highest BCUT2D eigenvalue weighted by Gasteiger charge is 2.16. The minimum absolute atomic E-state index is 0.191. The van der Waals surface area contributed by atoms with Gasteiger partial charge in [-0.15, -0.1) is 0 Å². The summed E-state index contributed by atoms with van der Waals surface area (Å²) < 4.78 is 5.11. The van der Waals surface area contributed by atoms with Crippen molar-refractivity contribution in [1.82, 2.24) is 5.43 Å². The van der Waals surface area contributed by atoms with Crippen molar-refractivity contribution in [2.24, 2.45) is 5.10 Å². The average molecular weight is 358 g/mol. The van der Waals surface area contributed by atoms with Gasteiger partial charge in [0.25, 0.3) is 5.91 Å². The summed E-state index contributed by atoms with van der Waals surface area (Å²) in [5.74, 6) is -0.263. The number of hydrogen-bond acceptors (Lipinski definition) is 3. The van der Waals surface area contributed by atoms with Crippen LogP contribution in [0.15, 0.2) is 41.5 Å². The zero-order valence-electron chi connectivity index (χ0n) is 11.4. The fourth-order valence-electron chi connectivity index (χ4n) is 1.74. The van der Waals surface area contributed by atoms with Crippen LogP contribution in [0.25, 0.3) is 0 Å². The van der Waals surface area contributed by atoms with Crippen molar-refractivity contribution in [2.45, 2.75) is 0 Å². The second-order valence-electron chi connectivity index (χ2n) is 4.19. The van der Waals surface area contributed by atoms with E-state index >= 15 is 0 Å². The van der Waals surface area contributed by atoms with E-state index in [4.69, 9.17) is 39.5 Å². The Balaban J connectivity index is 2.18. The summed E-state index contributed by atoms with van der Waals surface area (Å²) in [6.07, 6.45) is 1.44. The lowest BCUT2D eigenvalue weighted by Crippen LogP contribution is -2.18. The molecule has 0 spiro atoms. The van der Waals surface area contributed by atoms with E-state index in [-0.39, 0.29) is 16.3 Å². The van der Waals surface area contributed by atoms with Gasteiger partial charge in [-0.25, -0.2) is 5.43 Å². The highest BCUT2D eigenvalue weighted by molar-refractivity contribution is 6.36. The Hall–Kier alpha value is -1.75. The number of carbonyl (C=O) groups excluding carboxylic acids is 1. The molecule has 4 nitrogen and oxygen atoms in total. The Bertz CT molecular complexity index is 733. The van der Waals surface area contributed by atoms with Crippen LogP contribution in [0.3, 0.4) is 0 Å². The van der Waals surface area contributed by atoms with Crippen LogP contribution in [0.4, 0.5) is 0 Å². The van der Waals surface area contributed by atoms with Crippen molar-refractivity contribution < 1.29 is 9.53 Å². The zero-order valence-corrected chi connectivity index (χ0v) is 13.7. The number of nitrogens with one attached hydrogen (secondary N) is 1. The minimum Gasteiger partial charge on any atom is -0.494 e. The maximum atomic E-state index is 12.1. The normalized spacial score (nSPS) is 10.7. The van der Waals surface area contributed by atoms with Gasteiger partial charge < -0.3 is 4.74 Å². The summed E-state index contributed by atoms with van der Waals surface area (Å²) in [5, 5.41) is 4.96.